The van der Waals surface area contributed by atoms with Gasteiger partial charge in [0.15, 0.2) is 0 Å². The number of hydrogen-bond acceptors (Lipinski definition) is 2. The summed E-state index contributed by atoms with van der Waals surface area (Å²) < 4.78 is 0. The highest BCUT2D eigenvalue weighted by molar-refractivity contribution is 5.75. The van der Waals surface area contributed by atoms with Crippen LogP contribution in [0.5, 0.6) is 0 Å². The van der Waals surface area contributed by atoms with Crippen molar-refractivity contribution in [3.8, 4) is 17.2 Å². The lowest BCUT2D eigenvalue weighted by Crippen LogP contribution is -2.26. The lowest BCUT2D eigenvalue weighted by atomic mass is 9.79. The topological polar surface area (TPSA) is 36.7 Å². The monoisotopic (exact) mass is 478 g/mol. The first-order chi connectivity index (χ1) is 17.5. The molecule has 0 spiro atoms. The predicted octanol–water partition coefficient (Wildman–Crippen LogP) is 8.78. The molecule has 1 aromatic heterocycles. The SMILES string of the molecule is CCCCCc1nc2c(c(-c3cc(C)cc(C)c3)c1CCCCC)CCC2(C#N)Cc1ccccc1. The van der Waals surface area contributed by atoms with Crippen molar-refractivity contribution < 1.29 is 0 Å². The van der Waals surface area contributed by atoms with Crippen LogP contribution in [0.4, 0.5) is 0 Å². The predicted molar refractivity (Wildman–Crippen MR) is 151 cm³/mol. The summed E-state index contributed by atoms with van der Waals surface area (Å²) in [5, 5.41) is 10.6. The van der Waals surface area contributed by atoms with Crippen molar-refractivity contribution in [2.75, 3.05) is 0 Å². The zero-order valence-electron chi connectivity index (χ0n) is 22.8. The van der Waals surface area contributed by atoms with E-state index in [1.807, 2.05) is 0 Å². The van der Waals surface area contributed by atoms with E-state index >= 15 is 0 Å². The van der Waals surface area contributed by atoms with E-state index in [1.54, 1.807) is 0 Å². The van der Waals surface area contributed by atoms with Crippen LogP contribution in [-0.2, 0) is 31.1 Å². The van der Waals surface area contributed by atoms with Crippen molar-refractivity contribution in [1.29, 1.82) is 5.26 Å². The van der Waals surface area contributed by atoms with Crippen LogP contribution in [0.15, 0.2) is 48.5 Å². The molecule has 3 aromatic rings. The highest BCUT2D eigenvalue weighted by atomic mass is 14.8. The second kappa shape index (κ2) is 11.9. The maximum atomic E-state index is 10.6. The van der Waals surface area contributed by atoms with Gasteiger partial charge in [0.25, 0.3) is 0 Å². The number of nitriles is 1. The maximum Gasteiger partial charge on any atom is 0.104 e. The number of fused-ring (bicyclic) bond motifs is 1. The highest BCUT2D eigenvalue weighted by Gasteiger charge is 2.43. The second-order valence-electron chi connectivity index (χ2n) is 10.9. The Hall–Kier alpha value is -2.92. The number of benzene rings is 2. The summed E-state index contributed by atoms with van der Waals surface area (Å²) in [6.07, 6.45) is 11.9. The van der Waals surface area contributed by atoms with E-state index in [0.717, 1.165) is 44.2 Å². The molecule has 0 N–H and O–H groups in total. The van der Waals surface area contributed by atoms with Crippen LogP contribution >= 0.6 is 0 Å². The number of unbranched alkanes of at least 4 members (excludes halogenated alkanes) is 4. The Labute approximate surface area is 218 Å². The molecule has 36 heavy (non-hydrogen) atoms. The molecule has 0 bridgehead atoms. The number of pyridine rings is 1. The van der Waals surface area contributed by atoms with Gasteiger partial charge in [0.2, 0.25) is 0 Å². The van der Waals surface area contributed by atoms with Crippen molar-refractivity contribution in [2.24, 2.45) is 0 Å². The minimum Gasteiger partial charge on any atom is -0.256 e. The fraction of sp³-hybridized carbons (Fsp3) is 0.471. The first-order valence-corrected chi connectivity index (χ1v) is 14.1. The van der Waals surface area contributed by atoms with Crippen molar-refractivity contribution in [3.05, 3.63) is 87.7 Å². The van der Waals surface area contributed by atoms with Crippen molar-refractivity contribution in [1.82, 2.24) is 4.98 Å². The van der Waals surface area contributed by atoms with Gasteiger partial charge in [-0.1, -0.05) is 99.2 Å². The Kier molecular flexibility index (Phi) is 8.63. The van der Waals surface area contributed by atoms with Gasteiger partial charge in [-0.25, -0.2) is 0 Å². The normalized spacial score (nSPS) is 16.6. The van der Waals surface area contributed by atoms with Gasteiger partial charge in [-0.05, 0) is 86.6 Å². The quantitative estimate of drug-likeness (QED) is 0.258. The lowest BCUT2D eigenvalue weighted by Gasteiger charge is -2.25. The van der Waals surface area contributed by atoms with Gasteiger partial charge >= 0.3 is 0 Å². The molecule has 1 atom stereocenters. The van der Waals surface area contributed by atoms with Crippen LogP contribution in [0.1, 0.15) is 98.0 Å². The molecule has 0 radical (unpaired) electrons. The standard InChI is InChI=1S/C34H42N2/c1-5-7-10-16-29-31(17-11-8-6-2)36-33-30(32(29)28-21-25(3)20-26(4)22-28)18-19-34(33,24-35)23-27-14-12-9-13-15-27/h9,12-15,20-22H,5-8,10-11,16-19,23H2,1-4H3. The van der Waals surface area contributed by atoms with Crippen molar-refractivity contribution in [3.63, 3.8) is 0 Å². The Morgan fingerprint density at radius 1 is 0.889 bits per heavy atom. The molecule has 0 saturated heterocycles. The van der Waals surface area contributed by atoms with E-state index < -0.39 is 5.41 Å². The Morgan fingerprint density at radius 3 is 2.19 bits per heavy atom. The maximum absolute atomic E-state index is 10.6. The van der Waals surface area contributed by atoms with E-state index in [9.17, 15) is 5.26 Å². The molecular formula is C34H42N2. The van der Waals surface area contributed by atoms with Crippen LogP contribution in [0.2, 0.25) is 0 Å². The summed E-state index contributed by atoms with van der Waals surface area (Å²) in [4.78, 5) is 5.43. The van der Waals surface area contributed by atoms with E-state index in [-0.39, 0.29) is 0 Å². The molecule has 2 aromatic carbocycles. The number of hydrogen-bond donors (Lipinski definition) is 0. The largest absolute Gasteiger partial charge is 0.256 e. The van der Waals surface area contributed by atoms with E-state index in [1.165, 1.54) is 76.7 Å². The summed E-state index contributed by atoms with van der Waals surface area (Å²) in [6, 6.07) is 20.3. The fourth-order valence-electron chi connectivity index (χ4n) is 6.11. The Bertz CT molecular complexity index is 1200. The first-order valence-electron chi connectivity index (χ1n) is 14.1. The van der Waals surface area contributed by atoms with Gasteiger partial charge < -0.3 is 0 Å². The highest BCUT2D eigenvalue weighted by Crippen LogP contribution is 2.46. The fourth-order valence-corrected chi connectivity index (χ4v) is 6.11. The second-order valence-corrected chi connectivity index (χ2v) is 10.9. The smallest absolute Gasteiger partial charge is 0.104 e. The number of aromatic nitrogens is 1. The average Bonchev–Trinajstić information content (AvgIpc) is 3.22. The summed E-state index contributed by atoms with van der Waals surface area (Å²) in [6.45, 7) is 8.94. The van der Waals surface area contributed by atoms with Crippen molar-refractivity contribution in [2.45, 2.75) is 104 Å². The average molecular weight is 479 g/mol. The van der Waals surface area contributed by atoms with Gasteiger partial charge in [0.05, 0.1) is 11.8 Å². The molecule has 4 rings (SSSR count). The number of rotatable bonds is 11. The molecule has 2 heteroatoms. The molecule has 1 aliphatic carbocycles. The van der Waals surface area contributed by atoms with Gasteiger partial charge in [0, 0.05) is 5.69 Å². The molecule has 188 valence electrons. The summed E-state index contributed by atoms with van der Waals surface area (Å²) >= 11 is 0. The number of aryl methyl sites for hydroxylation is 3. The molecule has 0 aliphatic heterocycles. The third-order valence-electron chi connectivity index (χ3n) is 7.86. The molecule has 2 nitrogen and oxygen atoms in total. The molecule has 0 amide bonds. The number of nitrogens with zero attached hydrogens (tertiary/aromatic N) is 2. The van der Waals surface area contributed by atoms with E-state index in [4.69, 9.17) is 4.98 Å². The van der Waals surface area contributed by atoms with E-state index in [0.29, 0.717) is 0 Å². The van der Waals surface area contributed by atoms with Gasteiger partial charge in [-0.2, -0.15) is 5.26 Å². The van der Waals surface area contributed by atoms with Gasteiger partial charge in [0.1, 0.15) is 5.41 Å². The van der Waals surface area contributed by atoms with Crippen molar-refractivity contribution >= 4 is 0 Å². The van der Waals surface area contributed by atoms with Crippen LogP contribution in [0.25, 0.3) is 11.1 Å². The third kappa shape index (κ3) is 5.57. The molecule has 0 fully saturated rings. The van der Waals surface area contributed by atoms with Crippen LogP contribution in [-0.4, -0.2) is 4.98 Å². The first kappa shape index (κ1) is 26.2. The third-order valence-corrected chi connectivity index (χ3v) is 7.86. The molecule has 1 heterocycles. The van der Waals surface area contributed by atoms with Gasteiger partial charge in [-0.3, -0.25) is 4.98 Å². The summed E-state index contributed by atoms with van der Waals surface area (Å²) in [5.41, 5.74) is 11.1. The Morgan fingerprint density at radius 2 is 1.56 bits per heavy atom. The molecule has 1 unspecified atom stereocenters. The van der Waals surface area contributed by atoms with Crippen LogP contribution in [0.3, 0.4) is 0 Å². The lowest BCUT2D eigenvalue weighted by molar-refractivity contribution is 0.526. The van der Waals surface area contributed by atoms with Crippen LogP contribution < -0.4 is 0 Å². The van der Waals surface area contributed by atoms with Gasteiger partial charge in [-0.15, -0.1) is 0 Å². The Balaban J connectivity index is 1.93. The molecular weight excluding hydrogens is 436 g/mol. The molecule has 1 aliphatic rings. The molecule has 0 saturated carbocycles. The van der Waals surface area contributed by atoms with Crippen LogP contribution in [0, 0.1) is 25.2 Å². The minimum absolute atomic E-state index is 0.550. The van der Waals surface area contributed by atoms with E-state index in [2.05, 4.69) is 82.3 Å². The minimum atomic E-state index is -0.550. The zero-order chi connectivity index (χ0) is 25.5. The zero-order valence-corrected chi connectivity index (χ0v) is 22.8. The summed E-state index contributed by atoms with van der Waals surface area (Å²) in [7, 11) is 0. The summed E-state index contributed by atoms with van der Waals surface area (Å²) in [5.74, 6) is 0.